The monoisotopic (exact) mass is 415 g/mol. The first kappa shape index (κ1) is 22.2. The van der Waals surface area contributed by atoms with Crippen LogP contribution in [0.3, 0.4) is 0 Å². The van der Waals surface area contributed by atoms with Crippen molar-refractivity contribution in [3.05, 3.63) is 70.2 Å². The van der Waals surface area contributed by atoms with Gasteiger partial charge in [0.1, 0.15) is 0 Å². The first-order valence-corrected chi connectivity index (χ1v) is 9.66. The maximum Gasteiger partial charge on any atom is 0.251 e. The van der Waals surface area contributed by atoms with Crippen molar-refractivity contribution in [3.8, 4) is 0 Å². The summed E-state index contributed by atoms with van der Waals surface area (Å²) in [6, 6.07) is 14.8. The first-order valence-electron chi connectivity index (χ1n) is 9.28. The zero-order chi connectivity index (χ0) is 21.2. The van der Waals surface area contributed by atoms with Crippen molar-refractivity contribution in [2.24, 2.45) is 10.7 Å². The number of halogens is 1. The highest BCUT2D eigenvalue weighted by atomic mass is 35.5. The summed E-state index contributed by atoms with van der Waals surface area (Å²) in [6.45, 7) is 3.75. The molecule has 0 fully saturated rings. The SMILES string of the molecule is CCNC(=NCc1ccc(C(=O)NCC(N)=O)cc1)N(C)Cc1ccc(Cl)cc1. The van der Waals surface area contributed by atoms with Crippen molar-refractivity contribution in [2.75, 3.05) is 20.1 Å². The molecular weight excluding hydrogens is 390 g/mol. The molecule has 2 rings (SSSR count). The van der Waals surface area contributed by atoms with Crippen molar-refractivity contribution in [3.63, 3.8) is 0 Å². The van der Waals surface area contributed by atoms with Gasteiger partial charge in [-0.3, -0.25) is 9.59 Å². The summed E-state index contributed by atoms with van der Waals surface area (Å²) in [5.41, 5.74) is 7.59. The maximum absolute atomic E-state index is 11.9. The van der Waals surface area contributed by atoms with Crippen LogP contribution in [0.2, 0.25) is 5.02 Å². The van der Waals surface area contributed by atoms with Gasteiger partial charge in [-0.15, -0.1) is 0 Å². The molecule has 2 aromatic carbocycles. The van der Waals surface area contributed by atoms with Crippen LogP contribution >= 0.6 is 11.6 Å². The molecule has 0 aliphatic heterocycles. The average Bonchev–Trinajstić information content (AvgIpc) is 2.71. The van der Waals surface area contributed by atoms with E-state index in [9.17, 15) is 9.59 Å². The lowest BCUT2D eigenvalue weighted by Gasteiger charge is -2.22. The van der Waals surface area contributed by atoms with Crippen LogP contribution in [0.25, 0.3) is 0 Å². The Morgan fingerprint density at radius 1 is 1.03 bits per heavy atom. The average molecular weight is 416 g/mol. The van der Waals surface area contributed by atoms with Crippen LogP contribution in [-0.4, -0.2) is 42.8 Å². The van der Waals surface area contributed by atoms with E-state index in [0.717, 1.165) is 23.6 Å². The number of rotatable bonds is 8. The summed E-state index contributed by atoms with van der Waals surface area (Å²) in [4.78, 5) is 29.4. The zero-order valence-corrected chi connectivity index (χ0v) is 17.4. The van der Waals surface area contributed by atoms with Gasteiger partial charge in [0.15, 0.2) is 5.96 Å². The number of nitrogens with two attached hydrogens (primary N) is 1. The molecule has 29 heavy (non-hydrogen) atoms. The van der Waals surface area contributed by atoms with Crippen LogP contribution in [0.1, 0.15) is 28.4 Å². The molecule has 154 valence electrons. The van der Waals surface area contributed by atoms with Gasteiger partial charge in [-0.05, 0) is 42.3 Å². The second-order valence-corrected chi connectivity index (χ2v) is 6.94. The molecule has 0 saturated heterocycles. The van der Waals surface area contributed by atoms with E-state index in [0.29, 0.717) is 23.7 Å². The lowest BCUT2D eigenvalue weighted by molar-refractivity contribution is -0.117. The second kappa shape index (κ2) is 11.1. The summed E-state index contributed by atoms with van der Waals surface area (Å²) >= 11 is 5.94. The van der Waals surface area contributed by atoms with Gasteiger partial charge in [-0.2, -0.15) is 0 Å². The third-order valence-corrected chi connectivity index (χ3v) is 4.33. The molecule has 4 N–H and O–H groups in total. The molecule has 8 heteroatoms. The number of hydrogen-bond acceptors (Lipinski definition) is 3. The molecule has 0 unspecified atom stereocenters. The Kier molecular flexibility index (Phi) is 8.48. The van der Waals surface area contributed by atoms with Crippen LogP contribution < -0.4 is 16.4 Å². The molecule has 7 nitrogen and oxygen atoms in total. The fourth-order valence-corrected chi connectivity index (χ4v) is 2.73. The van der Waals surface area contributed by atoms with E-state index >= 15 is 0 Å². The minimum Gasteiger partial charge on any atom is -0.368 e. The Labute approximate surface area is 175 Å². The standard InChI is InChI=1S/C21H26ClN5O2/c1-3-24-21(27(2)14-16-6-10-18(22)11-7-16)26-12-15-4-8-17(9-5-15)20(29)25-13-19(23)28/h4-11H,3,12-14H2,1-2H3,(H2,23,28)(H,24,26)(H,25,29). The van der Waals surface area contributed by atoms with E-state index in [2.05, 4.69) is 15.6 Å². The highest BCUT2D eigenvalue weighted by Crippen LogP contribution is 2.11. The van der Waals surface area contributed by atoms with E-state index in [4.69, 9.17) is 17.3 Å². The number of primary amides is 1. The Morgan fingerprint density at radius 2 is 1.66 bits per heavy atom. The van der Waals surface area contributed by atoms with Crippen LogP contribution in [0.4, 0.5) is 0 Å². The van der Waals surface area contributed by atoms with Gasteiger partial charge in [0.2, 0.25) is 5.91 Å². The molecule has 0 aliphatic carbocycles. The topological polar surface area (TPSA) is 99.8 Å². The maximum atomic E-state index is 11.9. The van der Waals surface area contributed by atoms with E-state index in [1.165, 1.54) is 0 Å². The number of nitrogens with one attached hydrogen (secondary N) is 2. The Balaban J connectivity index is 2.00. The highest BCUT2D eigenvalue weighted by Gasteiger charge is 2.08. The summed E-state index contributed by atoms with van der Waals surface area (Å²) in [5, 5.41) is 6.46. The molecule has 0 aliphatic rings. The lowest BCUT2D eigenvalue weighted by Crippen LogP contribution is -2.38. The van der Waals surface area contributed by atoms with E-state index in [-0.39, 0.29) is 12.5 Å². The second-order valence-electron chi connectivity index (χ2n) is 6.50. The highest BCUT2D eigenvalue weighted by molar-refractivity contribution is 6.30. The molecule has 2 amide bonds. The Bertz CT molecular complexity index is 850. The van der Waals surface area contributed by atoms with Gasteiger partial charge >= 0.3 is 0 Å². The molecule has 2 aromatic rings. The van der Waals surface area contributed by atoms with Gasteiger partial charge in [-0.25, -0.2) is 4.99 Å². The van der Waals surface area contributed by atoms with Crippen molar-refractivity contribution in [2.45, 2.75) is 20.0 Å². The van der Waals surface area contributed by atoms with Crippen molar-refractivity contribution in [1.82, 2.24) is 15.5 Å². The number of nitrogens with zero attached hydrogens (tertiary/aromatic N) is 2. The van der Waals surface area contributed by atoms with Crippen LogP contribution in [0, 0.1) is 0 Å². The fraction of sp³-hybridized carbons (Fsp3) is 0.286. The number of guanidine groups is 1. The third-order valence-electron chi connectivity index (χ3n) is 4.08. The summed E-state index contributed by atoms with van der Waals surface area (Å²) in [5.74, 6) is -0.136. The number of carbonyl (C=O) groups excluding carboxylic acids is 2. The number of hydrogen-bond donors (Lipinski definition) is 3. The largest absolute Gasteiger partial charge is 0.368 e. The number of amides is 2. The van der Waals surface area contributed by atoms with Crippen molar-refractivity contribution >= 4 is 29.4 Å². The molecule has 0 bridgehead atoms. The normalized spacial score (nSPS) is 11.1. The van der Waals surface area contributed by atoms with Crippen molar-refractivity contribution in [1.29, 1.82) is 0 Å². The molecule has 0 saturated carbocycles. The number of aliphatic imine (C=N–C) groups is 1. The predicted molar refractivity (Wildman–Crippen MR) is 116 cm³/mol. The van der Waals surface area contributed by atoms with E-state index in [1.807, 2.05) is 55.3 Å². The molecule has 0 atom stereocenters. The first-order chi connectivity index (χ1) is 13.9. The lowest BCUT2D eigenvalue weighted by atomic mass is 10.1. The quantitative estimate of drug-likeness (QED) is 0.454. The van der Waals surface area contributed by atoms with Gasteiger partial charge in [-0.1, -0.05) is 35.9 Å². The van der Waals surface area contributed by atoms with Crippen LogP contribution in [0.15, 0.2) is 53.5 Å². The molecule has 0 spiro atoms. The van der Waals surface area contributed by atoms with E-state index < -0.39 is 5.91 Å². The van der Waals surface area contributed by atoms with Gasteiger partial charge in [0, 0.05) is 30.7 Å². The summed E-state index contributed by atoms with van der Waals surface area (Å²) < 4.78 is 0. The fourth-order valence-electron chi connectivity index (χ4n) is 2.61. The molecular formula is C21H26ClN5O2. The predicted octanol–water partition coefficient (Wildman–Crippen LogP) is 2.15. The number of carbonyl (C=O) groups is 2. The number of benzene rings is 2. The Morgan fingerprint density at radius 3 is 2.24 bits per heavy atom. The zero-order valence-electron chi connectivity index (χ0n) is 16.6. The smallest absolute Gasteiger partial charge is 0.251 e. The Hall–Kier alpha value is -3.06. The van der Waals surface area contributed by atoms with Crippen LogP contribution in [0.5, 0.6) is 0 Å². The molecule has 0 aromatic heterocycles. The minimum atomic E-state index is -0.581. The molecule has 0 radical (unpaired) electrons. The summed E-state index contributed by atoms with van der Waals surface area (Å²) in [6.07, 6.45) is 0. The molecule has 0 heterocycles. The minimum absolute atomic E-state index is 0.184. The third kappa shape index (κ3) is 7.46. The van der Waals surface area contributed by atoms with Crippen molar-refractivity contribution < 1.29 is 9.59 Å². The van der Waals surface area contributed by atoms with E-state index in [1.54, 1.807) is 12.1 Å². The van der Waals surface area contributed by atoms with Gasteiger partial charge in [0.05, 0.1) is 13.1 Å². The summed E-state index contributed by atoms with van der Waals surface area (Å²) in [7, 11) is 1.97. The van der Waals surface area contributed by atoms with Gasteiger partial charge in [0.25, 0.3) is 5.91 Å². The van der Waals surface area contributed by atoms with Gasteiger partial charge < -0.3 is 21.3 Å². The van der Waals surface area contributed by atoms with Crippen LogP contribution in [-0.2, 0) is 17.9 Å².